The van der Waals surface area contributed by atoms with Crippen molar-refractivity contribution in [3.63, 3.8) is 0 Å². The maximum atomic E-state index is 12.9. The van der Waals surface area contributed by atoms with E-state index in [1.807, 2.05) is 0 Å². The average molecular weight is 419 g/mol. The van der Waals surface area contributed by atoms with E-state index in [1.54, 1.807) is 36.6 Å². The van der Waals surface area contributed by atoms with Crippen LogP contribution in [0.4, 0.5) is 4.39 Å². The minimum Gasteiger partial charge on any atom is -0.439 e. The second-order valence-electron chi connectivity index (χ2n) is 5.83. The maximum Gasteiger partial charge on any atom is 0.253 e. The predicted molar refractivity (Wildman–Crippen MR) is 106 cm³/mol. The Balaban J connectivity index is 1.60. The number of carbonyl (C=O) groups excluding carboxylic acids is 1. The highest BCUT2D eigenvalue weighted by Crippen LogP contribution is 2.21. The van der Waals surface area contributed by atoms with E-state index in [4.69, 9.17) is 16.3 Å². The van der Waals surface area contributed by atoms with Gasteiger partial charge in [-0.15, -0.1) is 0 Å². The number of amides is 1. The normalized spacial score (nSPS) is 11.7. The number of aromatic nitrogens is 1. The SMILES string of the molecule is CS(=O)c1ccc(CNC(=O)c2ccc(Oc3ccc(F)cc3)nc2)c(Cl)c1. The Labute approximate surface area is 169 Å². The van der Waals surface area contributed by atoms with Crippen molar-refractivity contribution in [3.8, 4) is 11.6 Å². The van der Waals surface area contributed by atoms with E-state index in [0.29, 0.717) is 26.8 Å². The fourth-order valence-corrected chi connectivity index (χ4v) is 3.18. The first-order valence-corrected chi connectivity index (χ1v) is 10.2. The van der Waals surface area contributed by atoms with Crippen LogP contribution in [0.2, 0.25) is 5.02 Å². The van der Waals surface area contributed by atoms with Crippen molar-refractivity contribution >= 4 is 28.3 Å². The van der Waals surface area contributed by atoms with Crippen LogP contribution in [0, 0.1) is 5.82 Å². The van der Waals surface area contributed by atoms with Crippen LogP contribution in [0.1, 0.15) is 15.9 Å². The number of halogens is 2. The third-order valence-corrected chi connectivity index (χ3v) is 5.10. The van der Waals surface area contributed by atoms with E-state index < -0.39 is 10.8 Å². The molecule has 5 nitrogen and oxygen atoms in total. The van der Waals surface area contributed by atoms with Crippen LogP contribution >= 0.6 is 11.6 Å². The maximum absolute atomic E-state index is 12.9. The molecule has 1 N–H and O–H groups in total. The number of nitrogens with one attached hydrogen (secondary N) is 1. The molecule has 1 aromatic heterocycles. The van der Waals surface area contributed by atoms with Gasteiger partial charge in [-0.3, -0.25) is 9.00 Å². The molecule has 3 aromatic rings. The highest BCUT2D eigenvalue weighted by molar-refractivity contribution is 7.84. The Morgan fingerprint density at radius 1 is 1.18 bits per heavy atom. The number of pyridine rings is 1. The van der Waals surface area contributed by atoms with E-state index in [0.717, 1.165) is 0 Å². The molecule has 0 saturated carbocycles. The molecule has 2 aromatic carbocycles. The fraction of sp³-hybridized carbons (Fsp3) is 0.100. The molecule has 0 aliphatic carbocycles. The molecule has 1 heterocycles. The molecule has 1 amide bonds. The summed E-state index contributed by atoms with van der Waals surface area (Å²) in [4.78, 5) is 17.0. The van der Waals surface area contributed by atoms with Gasteiger partial charge in [0.15, 0.2) is 0 Å². The van der Waals surface area contributed by atoms with Crippen molar-refractivity contribution in [1.29, 1.82) is 0 Å². The van der Waals surface area contributed by atoms with Gasteiger partial charge in [-0.25, -0.2) is 9.37 Å². The van der Waals surface area contributed by atoms with Gasteiger partial charge in [-0.05, 0) is 48.0 Å². The first-order chi connectivity index (χ1) is 13.4. The summed E-state index contributed by atoms with van der Waals surface area (Å²) in [5, 5.41) is 3.20. The van der Waals surface area contributed by atoms with E-state index in [-0.39, 0.29) is 24.1 Å². The molecule has 0 bridgehead atoms. The Morgan fingerprint density at radius 2 is 1.93 bits per heavy atom. The molecule has 0 aliphatic rings. The number of benzene rings is 2. The van der Waals surface area contributed by atoms with E-state index >= 15 is 0 Å². The summed E-state index contributed by atoms with van der Waals surface area (Å²) < 4.78 is 29.9. The summed E-state index contributed by atoms with van der Waals surface area (Å²) in [5.74, 6) is 0.0524. The predicted octanol–water partition coefficient (Wildman–Crippen LogP) is 4.33. The fourth-order valence-electron chi connectivity index (χ4n) is 2.33. The number of hydrogen-bond acceptors (Lipinski definition) is 4. The van der Waals surface area contributed by atoms with Gasteiger partial charge in [0.25, 0.3) is 5.91 Å². The molecular weight excluding hydrogens is 403 g/mol. The summed E-state index contributed by atoms with van der Waals surface area (Å²) in [6.45, 7) is 0.224. The van der Waals surface area contributed by atoms with Crippen LogP contribution in [-0.4, -0.2) is 21.4 Å². The zero-order valence-electron chi connectivity index (χ0n) is 14.8. The van der Waals surface area contributed by atoms with Crippen molar-refractivity contribution in [1.82, 2.24) is 10.3 Å². The van der Waals surface area contributed by atoms with Gasteiger partial charge in [-0.1, -0.05) is 17.7 Å². The second-order valence-corrected chi connectivity index (χ2v) is 7.62. The summed E-state index contributed by atoms with van der Waals surface area (Å²) in [6.07, 6.45) is 2.96. The molecule has 0 fully saturated rings. The molecule has 0 spiro atoms. The monoisotopic (exact) mass is 418 g/mol. The quantitative estimate of drug-likeness (QED) is 0.646. The first-order valence-electron chi connectivity index (χ1n) is 8.22. The van der Waals surface area contributed by atoms with Crippen LogP contribution in [0.3, 0.4) is 0 Å². The standard InChI is InChI=1S/C20H16ClFN2O3S/c1-28(26)17-8-2-13(18(21)10-17)11-24-20(25)14-3-9-19(23-12-14)27-16-6-4-15(22)5-7-16/h2-10,12H,11H2,1H3,(H,24,25). The Morgan fingerprint density at radius 3 is 2.54 bits per heavy atom. The Bertz CT molecular complexity index is 1010. The van der Waals surface area contributed by atoms with Gasteiger partial charge < -0.3 is 10.1 Å². The largest absolute Gasteiger partial charge is 0.439 e. The first kappa shape index (κ1) is 20.0. The summed E-state index contributed by atoms with van der Waals surface area (Å²) >= 11 is 6.17. The summed E-state index contributed by atoms with van der Waals surface area (Å²) in [6, 6.07) is 13.7. The highest BCUT2D eigenvalue weighted by Gasteiger charge is 2.09. The van der Waals surface area contributed by atoms with E-state index in [1.165, 1.54) is 30.5 Å². The molecule has 28 heavy (non-hydrogen) atoms. The molecular formula is C20H16ClFN2O3S. The summed E-state index contributed by atoms with van der Waals surface area (Å²) in [7, 11) is -1.12. The Hall–Kier alpha value is -2.77. The zero-order chi connectivity index (χ0) is 20.1. The molecule has 1 unspecified atom stereocenters. The minimum absolute atomic E-state index is 0.224. The van der Waals surface area contributed by atoms with Crippen LogP contribution in [0.5, 0.6) is 11.6 Å². The molecule has 0 saturated heterocycles. The van der Waals surface area contributed by atoms with E-state index in [2.05, 4.69) is 10.3 Å². The van der Waals surface area contributed by atoms with Crippen LogP contribution in [0.25, 0.3) is 0 Å². The molecule has 8 heteroatoms. The van der Waals surface area contributed by atoms with Crippen molar-refractivity contribution in [3.05, 3.63) is 82.8 Å². The lowest BCUT2D eigenvalue weighted by Gasteiger charge is -2.09. The third-order valence-electron chi connectivity index (χ3n) is 3.83. The topological polar surface area (TPSA) is 68.3 Å². The van der Waals surface area contributed by atoms with Gasteiger partial charge in [0, 0.05) is 45.8 Å². The lowest BCUT2D eigenvalue weighted by molar-refractivity contribution is 0.0950. The van der Waals surface area contributed by atoms with Crippen LogP contribution < -0.4 is 10.1 Å². The zero-order valence-corrected chi connectivity index (χ0v) is 16.4. The van der Waals surface area contributed by atoms with Crippen molar-refractivity contribution in [2.75, 3.05) is 6.26 Å². The Kier molecular flexibility index (Phi) is 6.38. The lowest BCUT2D eigenvalue weighted by atomic mass is 10.2. The van der Waals surface area contributed by atoms with Gasteiger partial charge in [0.05, 0.1) is 5.56 Å². The molecule has 1 atom stereocenters. The summed E-state index contributed by atoms with van der Waals surface area (Å²) in [5.41, 5.74) is 1.07. The number of nitrogens with zero attached hydrogens (tertiary/aromatic N) is 1. The molecule has 3 rings (SSSR count). The molecule has 144 valence electrons. The number of carbonyl (C=O) groups is 1. The van der Waals surface area contributed by atoms with E-state index in [9.17, 15) is 13.4 Å². The van der Waals surface area contributed by atoms with Crippen molar-refractivity contribution in [2.45, 2.75) is 11.4 Å². The van der Waals surface area contributed by atoms with Gasteiger partial charge >= 0.3 is 0 Å². The molecule has 0 radical (unpaired) electrons. The average Bonchev–Trinajstić information content (AvgIpc) is 2.69. The number of rotatable bonds is 6. The second kappa shape index (κ2) is 8.95. The minimum atomic E-state index is -1.12. The highest BCUT2D eigenvalue weighted by atomic mass is 35.5. The number of ether oxygens (including phenoxy) is 1. The smallest absolute Gasteiger partial charge is 0.253 e. The van der Waals surface area contributed by atoms with Gasteiger partial charge in [-0.2, -0.15) is 0 Å². The third kappa shape index (κ3) is 5.15. The van der Waals surface area contributed by atoms with Gasteiger partial charge in [0.2, 0.25) is 5.88 Å². The van der Waals surface area contributed by atoms with Crippen LogP contribution in [0.15, 0.2) is 65.7 Å². The van der Waals surface area contributed by atoms with Crippen molar-refractivity contribution in [2.24, 2.45) is 0 Å². The lowest BCUT2D eigenvalue weighted by Crippen LogP contribution is -2.23. The van der Waals surface area contributed by atoms with Crippen LogP contribution in [-0.2, 0) is 17.3 Å². The number of hydrogen-bond donors (Lipinski definition) is 1. The van der Waals surface area contributed by atoms with Crippen molar-refractivity contribution < 1.29 is 18.1 Å². The molecule has 0 aliphatic heterocycles. The van der Waals surface area contributed by atoms with Gasteiger partial charge in [0.1, 0.15) is 11.6 Å².